The summed E-state index contributed by atoms with van der Waals surface area (Å²) in [5, 5.41) is 2.77. The molecule has 0 unspecified atom stereocenters. The molecule has 0 aliphatic rings. The van der Waals surface area contributed by atoms with Gasteiger partial charge in [0.2, 0.25) is 0 Å². The van der Waals surface area contributed by atoms with E-state index in [0.717, 1.165) is 23.2 Å². The van der Waals surface area contributed by atoms with Crippen LogP contribution in [0.4, 0.5) is 5.69 Å². The summed E-state index contributed by atoms with van der Waals surface area (Å²) in [6.07, 6.45) is 0.819. The summed E-state index contributed by atoms with van der Waals surface area (Å²) in [7, 11) is 0. The van der Waals surface area contributed by atoms with Crippen molar-refractivity contribution in [2.75, 3.05) is 11.9 Å². The molecule has 2 aromatic rings. The number of anilines is 1. The van der Waals surface area contributed by atoms with Crippen LogP contribution in [0.25, 0.3) is 0 Å². The Morgan fingerprint density at radius 2 is 1.73 bits per heavy atom. The summed E-state index contributed by atoms with van der Waals surface area (Å²) >= 11 is 0. The standard InChI is InChI=1S/C18H19NO3/c1-3-14-9-5-7-11-16(14)19-17(20)12-22-18(21)15-10-6-4-8-13(15)2/h4-11H,3,12H2,1-2H3,(H,19,20). The first-order valence-corrected chi connectivity index (χ1v) is 7.22. The van der Waals surface area contributed by atoms with Crippen molar-refractivity contribution in [3.8, 4) is 0 Å². The monoisotopic (exact) mass is 297 g/mol. The third kappa shape index (κ3) is 3.95. The van der Waals surface area contributed by atoms with Crippen molar-refractivity contribution in [2.24, 2.45) is 0 Å². The summed E-state index contributed by atoms with van der Waals surface area (Å²) in [6, 6.07) is 14.7. The fourth-order valence-corrected chi connectivity index (χ4v) is 2.15. The number of carbonyl (C=O) groups excluding carboxylic acids is 2. The van der Waals surface area contributed by atoms with Gasteiger partial charge in [-0.3, -0.25) is 4.79 Å². The number of carbonyl (C=O) groups is 2. The highest BCUT2D eigenvalue weighted by Gasteiger charge is 2.12. The summed E-state index contributed by atoms with van der Waals surface area (Å²) in [6.45, 7) is 3.54. The zero-order chi connectivity index (χ0) is 15.9. The first-order valence-electron chi connectivity index (χ1n) is 7.22. The number of benzene rings is 2. The Hall–Kier alpha value is -2.62. The predicted octanol–water partition coefficient (Wildman–Crippen LogP) is 3.35. The van der Waals surface area contributed by atoms with Gasteiger partial charge >= 0.3 is 5.97 Å². The molecular weight excluding hydrogens is 278 g/mol. The van der Waals surface area contributed by atoms with Crippen LogP contribution < -0.4 is 5.32 Å². The number of hydrogen-bond donors (Lipinski definition) is 1. The Morgan fingerprint density at radius 3 is 2.45 bits per heavy atom. The molecule has 22 heavy (non-hydrogen) atoms. The average molecular weight is 297 g/mol. The fraction of sp³-hybridized carbons (Fsp3) is 0.222. The van der Waals surface area contributed by atoms with E-state index < -0.39 is 5.97 Å². The average Bonchev–Trinajstić information content (AvgIpc) is 2.53. The first-order chi connectivity index (χ1) is 10.6. The fourth-order valence-electron chi connectivity index (χ4n) is 2.15. The smallest absolute Gasteiger partial charge is 0.338 e. The summed E-state index contributed by atoms with van der Waals surface area (Å²) in [5.41, 5.74) is 3.09. The van der Waals surface area contributed by atoms with E-state index in [1.165, 1.54) is 0 Å². The number of amides is 1. The maximum Gasteiger partial charge on any atom is 0.338 e. The molecule has 0 saturated carbocycles. The van der Waals surface area contributed by atoms with Crippen LogP contribution in [-0.4, -0.2) is 18.5 Å². The van der Waals surface area contributed by atoms with E-state index in [1.807, 2.05) is 50.2 Å². The molecule has 0 fully saturated rings. The van der Waals surface area contributed by atoms with E-state index in [4.69, 9.17) is 4.74 Å². The Morgan fingerprint density at radius 1 is 1.05 bits per heavy atom. The second-order valence-corrected chi connectivity index (χ2v) is 4.95. The van der Waals surface area contributed by atoms with E-state index >= 15 is 0 Å². The molecule has 0 aliphatic heterocycles. The molecule has 0 aliphatic carbocycles. The van der Waals surface area contributed by atoms with Crippen LogP contribution in [0.15, 0.2) is 48.5 Å². The molecular formula is C18H19NO3. The molecule has 114 valence electrons. The number of ether oxygens (including phenoxy) is 1. The lowest BCUT2D eigenvalue weighted by molar-refractivity contribution is -0.119. The largest absolute Gasteiger partial charge is 0.452 e. The number of rotatable bonds is 5. The second-order valence-electron chi connectivity index (χ2n) is 4.95. The molecule has 0 bridgehead atoms. The Kier molecular flexibility index (Phi) is 5.31. The molecule has 0 heterocycles. The lowest BCUT2D eigenvalue weighted by Crippen LogP contribution is -2.21. The van der Waals surface area contributed by atoms with E-state index in [2.05, 4.69) is 5.32 Å². The van der Waals surface area contributed by atoms with Gasteiger partial charge in [-0.2, -0.15) is 0 Å². The van der Waals surface area contributed by atoms with Crippen LogP contribution in [0.3, 0.4) is 0 Å². The van der Waals surface area contributed by atoms with Crippen molar-refractivity contribution in [1.29, 1.82) is 0 Å². The van der Waals surface area contributed by atoms with E-state index in [1.54, 1.807) is 12.1 Å². The van der Waals surface area contributed by atoms with Crippen LogP contribution >= 0.6 is 0 Å². The van der Waals surface area contributed by atoms with Gasteiger partial charge in [0.15, 0.2) is 6.61 Å². The van der Waals surface area contributed by atoms with Crippen LogP contribution in [-0.2, 0) is 16.0 Å². The third-order valence-electron chi connectivity index (χ3n) is 3.37. The molecule has 4 nitrogen and oxygen atoms in total. The minimum Gasteiger partial charge on any atom is -0.452 e. The molecule has 0 atom stereocenters. The van der Waals surface area contributed by atoms with Crippen molar-refractivity contribution < 1.29 is 14.3 Å². The second kappa shape index (κ2) is 7.41. The lowest BCUT2D eigenvalue weighted by atomic mass is 10.1. The highest BCUT2D eigenvalue weighted by molar-refractivity contribution is 5.96. The molecule has 0 spiro atoms. The van der Waals surface area contributed by atoms with Gasteiger partial charge in [0, 0.05) is 5.69 Å². The van der Waals surface area contributed by atoms with Crippen molar-refractivity contribution in [3.05, 3.63) is 65.2 Å². The molecule has 0 aromatic heterocycles. The zero-order valence-electron chi connectivity index (χ0n) is 12.8. The molecule has 0 radical (unpaired) electrons. The molecule has 2 aromatic carbocycles. The summed E-state index contributed by atoms with van der Waals surface area (Å²) < 4.78 is 5.07. The van der Waals surface area contributed by atoms with Crippen molar-refractivity contribution in [2.45, 2.75) is 20.3 Å². The normalized spacial score (nSPS) is 10.1. The molecule has 2 rings (SSSR count). The molecule has 1 N–H and O–H groups in total. The summed E-state index contributed by atoms with van der Waals surface area (Å²) in [5.74, 6) is -0.833. The van der Waals surface area contributed by atoms with Crippen molar-refractivity contribution in [1.82, 2.24) is 0 Å². The van der Waals surface area contributed by atoms with Gasteiger partial charge < -0.3 is 10.1 Å². The van der Waals surface area contributed by atoms with Crippen LogP contribution in [0.2, 0.25) is 0 Å². The number of hydrogen-bond acceptors (Lipinski definition) is 3. The van der Waals surface area contributed by atoms with Crippen LogP contribution in [0, 0.1) is 6.92 Å². The van der Waals surface area contributed by atoms with Gasteiger partial charge in [-0.05, 0) is 36.6 Å². The highest BCUT2D eigenvalue weighted by Crippen LogP contribution is 2.15. The molecule has 4 heteroatoms. The number of esters is 1. The highest BCUT2D eigenvalue weighted by atomic mass is 16.5. The minimum absolute atomic E-state index is 0.300. The topological polar surface area (TPSA) is 55.4 Å². The molecule has 1 amide bonds. The maximum atomic E-state index is 11.9. The van der Waals surface area contributed by atoms with Crippen LogP contribution in [0.5, 0.6) is 0 Å². The first kappa shape index (κ1) is 15.8. The van der Waals surface area contributed by atoms with Gasteiger partial charge in [0.05, 0.1) is 5.56 Å². The Labute approximate surface area is 130 Å². The SMILES string of the molecule is CCc1ccccc1NC(=O)COC(=O)c1ccccc1C. The van der Waals surface area contributed by atoms with Crippen molar-refractivity contribution in [3.63, 3.8) is 0 Å². The van der Waals surface area contributed by atoms with Crippen molar-refractivity contribution >= 4 is 17.6 Å². The zero-order valence-corrected chi connectivity index (χ0v) is 12.8. The minimum atomic E-state index is -0.489. The van der Waals surface area contributed by atoms with E-state index in [0.29, 0.717) is 5.56 Å². The summed E-state index contributed by atoms with van der Waals surface area (Å²) in [4.78, 5) is 23.9. The van der Waals surface area contributed by atoms with Crippen LogP contribution in [0.1, 0.15) is 28.4 Å². The predicted molar refractivity (Wildman–Crippen MR) is 85.9 cm³/mol. The van der Waals surface area contributed by atoms with Gasteiger partial charge in [-0.1, -0.05) is 43.3 Å². The number of aryl methyl sites for hydroxylation is 2. The maximum absolute atomic E-state index is 11.9. The third-order valence-corrected chi connectivity index (χ3v) is 3.37. The lowest BCUT2D eigenvalue weighted by Gasteiger charge is -2.10. The van der Waals surface area contributed by atoms with Gasteiger partial charge in [0.1, 0.15) is 0 Å². The van der Waals surface area contributed by atoms with Gasteiger partial charge in [-0.25, -0.2) is 4.79 Å². The van der Waals surface area contributed by atoms with E-state index in [9.17, 15) is 9.59 Å². The quantitative estimate of drug-likeness (QED) is 0.861. The Bertz CT molecular complexity index is 680. The molecule has 0 saturated heterocycles. The van der Waals surface area contributed by atoms with Gasteiger partial charge in [0.25, 0.3) is 5.91 Å². The van der Waals surface area contributed by atoms with E-state index in [-0.39, 0.29) is 12.5 Å². The van der Waals surface area contributed by atoms with Gasteiger partial charge in [-0.15, -0.1) is 0 Å². The number of para-hydroxylation sites is 1. The number of nitrogens with one attached hydrogen (secondary N) is 1. The Balaban J connectivity index is 1.93.